The molecule has 66 valence electrons. The highest BCUT2D eigenvalue weighted by Crippen LogP contribution is 2.19. The molecule has 0 aliphatic rings. The van der Waals surface area contributed by atoms with Gasteiger partial charge in [-0.15, -0.1) is 0 Å². The van der Waals surface area contributed by atoms with Gasteiger partial charge in [0.25, 0.3) is 0 Å². The number of benzene rings is 1. The van der Waals surface area contributed by atoms with Gasteiger partial charge in [0, 0.05) is 10.6 Å². The van der Waals surface area contributed by atoms with Gasteiger partial charge in [-0.05, 0) is 24.3 Å². The highest BCUT2D eigenvalue weighted by molar-refractivity contribution is 7.07. The lowest BCUT2D eigenvalue weighted by Crippen LogP contribution is -2.24. The smallest absolute Gasteiger partial charge is 0.236 e. The highest BCUT2D eigenvalue weighted by Gasteiger charge is 2.08. The van der Waals surface area contributed by atoms with Crippen molar-refractivity contribution >= 4 is 22.9 Å². The normalized spacial score (nSPS) is 10.2. The van der Waals surface area contributed by atoms with Gasteiger partial charge in [-0.2, -0.15) is 4.73 Å². The molecule has 2 rings (SSSR count). The minimum Gasteiger partial charge on any atom is -0.618 e. The SMILES string of the molecule is [O-][n+]1cscc1-c1ccc(Cl)cc1. The summed E-state index contributed by atoms with van der Waals surface area (Å²) in [7, 11) is 0. The third-order valence-electron chi connectivity index (χ3n) is 1.71. The fourth-order valence-corrected chi connectivity index (χ4v) is 1.85. The molecule has 0 saturated heterocycles. The van der Waals surface area contributed by atoms with Gasteiger partial charge in [0.1, 0.15) is 0 Å². The first-order valence-electron chi connectivity index (χ1n) is 3.68. The quantitative estimate of drug-likeness (QED) is 0.526. The first-order valence-corrected chi connectivity index (χ1v) is 5.01. The van der Waals surface area contributed by atoms with Crippen LogP contribution in [0.25, 0.3) is 11.3 Å². The Kier molecular flexibility index (Phi) is 2.20. The van der Waals surface area contributed by atoms with Crippen LogP contribution in [0.2, 0.25) is 5.02 Å². The van der Waals surface area contributed by atoms with Crippen molar-refractivity contribution in [2.24, 2.45) is 0 Å². The maximum absolute atomic E-state index is 11.2. The summed E-state index contributed by atoms with van der Waals surface area (Å²) in [4.78, 5) is 0. The van der Waals surface area contributed by atoms with E-state index >= 15 is 0 Å². The molecule has 0 saturated carbocycles. The van der Waals surface area contributed by atoms with Crippen LogP contribution in [0.3, 0.4) is 0 Å². The monoisotopic (exact) mass is 211 g/mol. The van der Waals surface area contributed by atoms with E-state index in [0.717, 1.165) is 10.3 Å². The minimum absolute atomic E-state index is 0.668. The molecule has 0 spiro atoms. The van der Waals surface area contributed by atoms with E-state index in [1.54, 1.807) is 12.1 Å². The van der Waals surface area contributed by atoms with Crippen molar-refractivity contribution < 1.29 is 4.73 Å². The number of nitrogens with zero attached hydrogens (tertiary/aromatic N) is 1. The second-order valence-corrected chi connectivity index (χ2v) is 3.73. The van der Waals surface area contributed by atoms with E-state index in [1.807, 2.05) is 17.5 Å². The molecule has 13 heavy (non-hydrogen) atoms. The summed E-state index contributed by atoms with van der Waals surface area (Å²) in [5.41, 5.74) is 3.08. The minimum atomic E-state index is 0.668. The summed E-state index contributed by atoms with van der Waals surface area (Å²) in [5, 5.41) is 13.7. The van der Waals surface area contributed by atoms with Gasteiger partial charge in [-0.1, -0.05) is 22.9 Å². The van der Waals surface area contributed by atoms with Gasteiger partial charge < -0.3 is 5.21 Å². The van der Waals surface area contributed by atoms with E-state index in [4.69, 9.17) is 11.6 Å². The number of rotatable bonds is 1. The van der Waals surface area contributed by atoms with Crippen LogP contribution in [-0.4, -0.2) is 0 Å². The molecule has 2 nitrogen and oxygen atoms in total. The van der Waals surface area contributed by atoms with Crippen LogP contribution >= 0.6 is 22.9 Å². The fraction of sp³-hybridized carbons (Fsp3) is 0. The van der Waals surface area contributed by atoms with Crippen molar-refractivity contribution in [3.8, 4) is 11.3 Å². The van der Waals surface area contributed by atoms with Crippen molar-refractivity contribution in [3.05, 3.63) is 45.4 Å². The Morgan fingerprint density at radius 3 is 2.46 bits per heavy atom. The maximum atomic E-state index is 11.2. The summed E-state index contributed by atoms with van der Waals surface area (Å²) in [6, 6.07) is 7.21. The Balaban J connectivity index is 2.47. The second kappa shape index (κ2) is 3.36. The van der Waals surface area contributed by atoms with Crippen molar-refractivity contribution in [1.82, 2.24) is 0 Å². The van der Waals surface area contributed by atoms with Crippen molar-refractivity contribution in [1.29, 1.82) is 0 Å². The molecule has 1 aromatic heterocycles. The van der Waals surface area contributed by atoms with Crippen LogP contribution < -0.4 is 4.73 Å². The zero-order chi connectivity index (χ0) is 9.26. The largest absolute Gasteiger partial charge is 0.618 e. The fourth-order valence-electron chi connectivity index (χ4n) is 1.07. The van der Waals surface area contributed by atoms with Gasteiger partial charge in [0.2, 0.25) is 11.2 Å². The highest BCUT2D eigenvalue weighted by atomic mass is 35.5. The van der Waals surface area contributed by atoms with Crippen molar-refractivity contribution in [2.75, 3.05) is 0 Å². The van der Waals surface area contributed by atoms with Gasteiger partial charge in [-0.25, -0.2) is 0 Å². The molecule has 4 heteroatoms. The molecule has 0 radical (unpaired) electrons. The van der Waals surface area contributed by atoms with E-state index in [0.29, 0.717) is 10.7 Å². The maximum Gasteiger partial charge on any atom is 0.236 e. The van der Waals surface area contributed by atoms with Crippen LogP contribution in [0.15, 0.2) is 35.2 Å². The number of hydrogen-bond donors (Lipinski definition) is 0. The molecule has 0 aliphatic carbocycles. The Labute approximate surface area is 84.6 Å². The molecule has 0 bridgehead atoms. The summed E-state index contributed by atoms with van der Waals surface area (Å²) in [5.74, 6) is 0. The molecule has 0 aliphatic heterocycles. The Hall–Kier alpha value is -1.06. The third kappa shape index (κ3) is 1.66. The predicted molar refractivity (Wildman–Crippen MR) is 53.7 cm³/mol. The average molecular weight is 212 g/mol. The van der Waals surface area contributed by atoms with Crippen LogP contribution in [0, 0.1) is 5.21 Å². The molecular weight excluding hydrogens is 206 g/mol. The number of hydrogen-bond acceptors (Lipinski definition) is 2. The Morgan fingerprint density at radius 2 is 1.92 bits per heavy atom. The first-order chi connectivity index (χ1) is 6.27. The Morgan fingerprint density at radius 1 is 1.23 bits per heavy atom. The van der Waals surface area contributed by atoms with Crippen molar-refractivity contribution in [2.45, 2.75) is 0 Å². The molecular formula is C9H6ClNOS. The van der Waals surface area contributed by atoms with Crippen LogP contribution in [0.4, 0.5) is 0 Å². The third-order valence-corrected chi connectivity index (χ3v) is 2.64. The lowest BCUT2D eigenvalue weighted by molar-refractivity contribution is -0.588. The van der Waals surface area contributed by atoms with E-state index < -0.39 is 0 Å². The van der Waals surface area contributed by atoms with Crippen LogP contribution in [0.5, 0.6) is 0 Å². The summed E-state index contributed by atoms with van der Waals surface area (Å²) in [6.07, 6.45) is 0. The van der Waals surface area contributed by atoms with Crippen LogP contribution in [-0.2, 0) is 0 Å². The molecule has 2 aromatic rings. The van der Waals surface area contributed by atoms with E-state index in [1.165, 1.54) is 16.8 Å². The molecule has 0 fully saturated rings. The molecule has 0 amide bonds. The zero-order valence-electron chi connectivity index (χ0n) is 6.61. The van der Waals surface area contributed by atoms with Gasteiger partial charge in [-0.3, -0.25) is 0 Å². The van der Waals surface area contributed by atoms with Gasteiger partial charge in [0.15, 0.2) is 0 Å². The van der Waals surface area contributed by atoms with E-state index in [-0.39, 0.29) is 0 Å². The molecule has 0 N–H and O–H groups in total. The molecule has 0 unspecified atom stereocenters. The van der Waals surface area contributed by atoms with Gasteiger partial charge in [0.05, 0.1) is 5.38 Å². The van der Waals surface area contributed by atoms with Crippen LogP contribution in [0.1, 0.15) is 0 Å². The second-order valence-electron chi connectivity index (χ2n) is 2.58. The number of thiazole rings is 1. The summed E-state index contributed by atoms with van der Waals surface area (Å²) < 4.78 is 0.855. The number of aromatic nitrogens is 1. The predicted octanol–water partition coefficient (Wildman–Crippen LogP) is 2.70. The first kappa shape index (κ1) is 8.53. The molecule has 1 aromatic carbocycles. The zero-order valence-corrected chi connectivity index (χ0v) is 8.18. The lowest BCUT2D eigenvalue weighted by atomic mass is 10.2. The van der Waals surface area contributed by atoms with E-state index in [9.17, 15) is 5.21 Å². The summed E-state index contributed by atoms with van der Waals surface area (Å²) in [6.45, 7) is 0. The van der Waals surface area contributed by atoms with Crippen molar-refractivity contribution in [3.63, 3.8) is 0 Å². The Bertz CT molecular complexity index is 410. The topological polar surface area (TPSA) is 26.9 Å². The molecule has 1 heterocycles. The summed E-state index contributed by atoms with van der Waals surface area (Å²) >= 11 is 7.11. The number of halogens is 1. The lowest BCUT2D eigenvalue weighted by Gasteiger charge is -1.97. The van der Waals surface area contributed by atoms with E-state index in [2.05, 4.69) is 0 Å². The average Bonchev–Trinajstić information content (AvgIpc) is 2.53. The van der Waals surface area contributed by atoms with Gasteiger partial charge >= 0.3 is 0 Å². The standard InChI is InChI=1S/C9H6ClNOS/c10-8-3-1-7(2-4-8)9-5-13-6-11(9)12/h1-6H. The molecule has 0 atom stereocenters.